The standard InChI is InChI=1S/C17H17ClN4O3S/c1-22-15(5-6-20-22)13-7-12(9-19-11-13)10-21-26(23,24)17-8-14(18)3-4-16(17)25-2/h3-9,11,21H,10H2,1-2H3. The van der Waals surface area contributed by atoms with Gasteiger partial charge >= 0.3 is 0 Å². The van der Waals surface area contributed by atoms with E-state index in [-0.39, 0.29) is 17.2 Å². The number of aryl methyl sites for hydroxylation is 1. The Labute approximate surface area is 156 Å². The first-order valence-electron chi connectivity index (χ1n) is 7.66. The fourth-order valence-electron chi connectivity index (χ4n) is 2.50. The van der Waals surface area contributed by atoms with Crippen molar-refractivity contribution in [2.45, 2.75) is 11.4 Å². The molecule has 0 saturated heterocycles. The van der Waals surface area contributed by atoms with Gasteiger partial charge in [-0.1, -0.05) is 11.6 Å². The summed E-state index contributed by atoms with van der Waals surface area (Å²) < 4.78 is 34.6. The predicted octanol–water partition coefficient (Wildman–Crippen LogP) is 2.62. The van der Waals surface area contributed by atoms with Crippen LogP contribution in [0.3, 0.4) is 0 Å². The lowest BCUT2D eigenvalue weighted by atomic mass is 10.1. The van der Waals surface area contributed by atoms with Crippen LogP contribution in [0.15, 0.2) is 53.8 Å². The summed E-state index contributed by atoms with van der Waals surface area (Å²) >= 11 is 5.92. The van der Waals surface area contributed by atoms with E-state index in [9.17, 15) is 8.42 Å². The van der Waals surface area contributed by atoms with Gasteiger partial charge in [0.25, 0.3) is 0 Å². The van der Waals surface area contributed by atoms with E-state index >= 15 is 0 Å². The second-order valence-corrected chi connectivity index (χ2v) is 7.71. The molecule has 0 aliphatic carbocycles. The Hall–Kier alpha value is -2.42. The Kier molecular flexibility index (Phi) is 5.26. The fraction of sp³-hybridized carbons (Fsp3) is 0.176. The highest BCUT2D eigenvalue weighted by Crippen LogP contribution is 2.27. The van der Waals surface area contributed by atoms with E-state index in [2.05, 4.69) is 14.8 Å². The van der Waals surface area contributed by atoms with Crippen LogP contribution in [0, 0.1) is 0 Å². The number of pyridine rings is 1. The summed E-state index contributed by atoms with van der Waals surface area (Å²) in [5.41, 5.74) is 2.45. The molecule has 0 fully saturated rings. The smallest absolute Gasteiger partial charge is 0.244 e. The van der Waals surface area contributed by atoms with Crippen molar-refractivity contribution in [1.82, 2.24) is 19.5 Å². The molecular formula is C17H17ClN4O3S. The monoisotopic (exact) mass is 392 g/mol. The SMILES string of the molecule is COc1ccc(Cl)cc1S(=O)(=O)NCc1cncc(-c2ccnn2C)c1. The highest BCUT2D eigenvalue weighted by atomic mass is 35.5. The minimum atomic E-state index is -3.80. The van der Waals surface area contributed by atoms with Crippen LogP contribution in [-0.4, -0.2) is 30.3 Å². The van der Waals surface area contributed by atoms with E-state index in [1.54, 1.807) is 29.3 Å². The minimum Gasteiger partial charge on any atom is -0.495 e. The molecule has 0 spiro atoms. The fourth-order valence-corrected chi connectivity index (χ4v) is 3.95. The third kappa shape index (κ3) is 3.87. The van der Waals surface area contributed by atoms with Crippen molar-refractivity contribution in [3.63, 3.8) is 0 Å². The maximum Gasteiger partial charge on any atom is 0.244 e. The number of benzene rings is 1. The number of sulfonamides is 1. The quantitative estimate of drug-likeness (QED) is 0.696. The van der Waals surface area contributed by atoms with Crippen molar-refractivity contribution in [2.75, 3.05) is 7.11 Å². The molecule has 26 heavy (non-hydrogen) atoms. The first kappa shape index (κ1) is 18.4. The van der Waals surface area contributed by atoms with E-state index in [1.165, 1.54) is 19.2 Å². The summed E-state index contributed by atoms with van der Waals surface area (Å²) in [5, 5.41) is 4.44. The molecule has 136 valence electrons. The van der Waals surface area contributed by atoms with Crippen molar-refractivity contribution < 1.29 is 13.2 Å². The number of nitrogens with one attached hydrogen (secondary N) is 1. The van der Waals surface area contributed by atoms with Crippen LogP contribution >= 0.6 is 11.6 Å². The zero-order chi connectivity index (χ0) is 18.7. The Morgan fingerprint density at radius 1 is 1.23 bits per heavy atom. The zero-order valence-corrected chi connectivity index (χ0v) is 15.8. The van der Waals surface area contributed by atoms with Gasteiger partial charge < -0.3 is 4.74 Å². The summed E-state index contributed by atoms with van der Waals surface area (Å²) in [6, 6.07) is 8.17. The first-order chi connectivity index (χ1) is 12.4. The average molecular weight is 393 g/mol. The summed E-state index contributed by atoms with van der Waals surface area (Å²) in [6.07, 6.45) is 5.00. The van der Waals surface area contributed by atoms with Gasteiger partial charge in [0, 0.05) is 42.8 Å². The van der Waals surface area contributed by atoms with Gasteiger partial charge in [-0.15, -0.1) is 0 Å². The van der Waals surface area contributed by atoms with E-state index < -0.39 is 10.0 Å². The van der Waals surface area contributed by atoms with Gasteiger partial charge in [-0.2, -0.15) is 5.10 Å². The summed E-state index contributed by atoms with van der Waals surface area (Å²) in [5.74, 6) is 0.226. The second-order valence-electron chi connectivity index (χ2n) is 5.54. The van der Waals surface area contributed by atoms with Crippen molar-refractivity contribution in [2.24, 2.45) is 7.05 Å². The molecule has 1 aromatic carbocycles. The normalized spacial score (nSPS) is 11.5. The molecule has 0 aliphatic rings. The van der Waals surface area contributed by atoms with Crippen LogP contribution in [0.4, 0.5) is 0 Å². The molecule has 0 amide bonds. The van der Waals surface area contributed by atoms with Crippen LogP contribution in [0.1, 0.15) is 5.56 Å². The van der Waals surface area contributed by atoms with Gasteiger partial charge in [0.15, 0.2) is 0 Å². The van der Waals surface area contributed by atoms with Gasteiger partial charge in [-0.25, -0.2) is 13.1 Å². The van der Waals surface area contributed by atoms with Crippen LogP contribution in [0.5, 0.6) is 5.75 Å². The Morgan fingerprint density at radius 2 is 2.04 bits per heavy atom. The Balaban J connectivity index is 1.83. The van der Waals surface area contributed by atoms with Gasteiger partial charge in [-0.05, 0) is 35.9 Å². The lowest BCUT2D eigenvalue weighted by molar-refractivity contribution is 0.402. The van der Waals surface area contributed by atoms with E-state index in [0.717, 1.165) is 11.3 Å². The number of ether oxygens (including phenoxy) is 1. The van der Waals surface area contributed by atoms with Crippen LogP contribution in [0.2, 0.25) is 5.02 Å². The molecule has 0 radical (unpaired) electrons. The Morgan fingerprint density at radius 3 is 2.73 bits per heavy atom. The van der Waals surface area contributed by atoms with Gasteiger partial charge in [-0.3, -0.25) is 9.67 Å². The zero-order valence-electron chi connectivity index (χ0n) is 14.2. The molecule has 1 N–H and O–H groups in total. The minimum absolute atomic E-state index is 0.0109. The van der Waals surface area contributed by atoms with Gasteiger partial charge in [0.05, 0.1) is 12.8 Å². The van der Waals surface area contributed by atoms with Crippen molar-refractivity contribution >= 4 is 21.6 Å². The second kappa shape index (κ2) is 7.45. The number of aromatic nitrogens is 3. The lowest BCUT2D eigenvalue weighted by Crippen LogP contribution is -2.24. The van der Waals surface area contributed by atoms with Crippen molar-refractivity contribution in [3.05, 3.63) is 59.5 Å². The number of halogens is 1. The third-order valence-corrected chi connectivity index (χ3v) is 5.45. The van der Waals surface area contributed by atoms with Crippen LogP contribution in [0.25, 0.3) is 11.3 Å². The largest absolute Gasteiger partial charge is 0.495 e. The highest BCUT2D eigenvalue weighted by Gasteiger charge is 2.20. The van der Waals surface area contributed by atoms with Crippen molar-refractivity contribution in [1.29, 1.82) is 0 Å². The van der Waals surface area contributed by atoms with Crippen molar-refractivity contribution in [3.8, 4) is 17.0 Å². The molecule has 2 heterocycles. The number of hydrogen-bond donors (Lipinski definition) is 1. The lowest BCUT2D eigenvalue weighted by Gasteiger charge is -2.11. The van der Waals surface area contributed by atoms with E-state index in [4.69, 9.17) is 16.3 Å². The molecule has 0 bridgehead atoms. The molecule has 0 atom stereocenters. The molecule has 7 nitrogen and oxygen atoms in total. The number of nitrogens with zero attached hydrogens (tertiary/aromatic N) is 3. The number of hydrogen-bond acceptors (Lipinski definition) is 5. The average Bonchev–Trinajstić information content (AvgIpc) is 3.06. The molecule has 9 heteroatoms. The first-order valence-corrected chi connectivity index (χ1v) is 9.52. The van der Waals surface area contributed by atoms with Crippen LogP contribution in [-0.2, 0) is 23.6 Å². The molecule has 0 saturated carbocycles. The number of rotatable bonds is 6. The molecule has 3 rings (SSSR count). The highest BCUT2D eigenvalue weighted by molar-refractivity contribution is 7.89. The van der Waals surface area contributed by atoms with E-state index in [0.29, 0.717) is 10.6 Å². The molecule has 2 aromatic heterocycles. The topological polar surface area (TPSA) is 86.1 Å². The maximum absolute atomic E-state index is 12.6. The predicted molar refractivity (Wildman–Crippen MR) is 98.5 cm³/mol. The summed E-state index contributed by atoms with van der Waals surface area (Å²) in [7, 11) is -0.568. The molecule has 0 aliphatic heterocycles. The third-order valence-electron chi connectivity index (χ3n) is 3.79. The summed E-state index contributed by atoms with van der Waals surface area (Å²) in [6.45, 7) is 0.0801. The molecule has 0 unspecified atom stereocenters. The Bertz CT molecular complexity index is 1030. The van der Waals surface area contributed by atoms with Crippen LogP contribution < -0.4 is 9.46 Å². The van der Waals surface area contributed by atoms with Gasteiger partial charge in [0.2, 0.25) is 10.0 Å². The maximum atomic E-state index is 12.6. The summed E-state index contributed by atoms with van der Waals surface area (Å²) in [4.78, 5) is 4.17. The van der Waals surface area contributed by atoms with E-state index in [1.807, 2.05) is 19.2 Å². The van der Waals surface area contributed by atoms with Gasteiger partial charge in [0.1, 0.15) is 10.6 Å². The number of methoxy groups -OCH3 is 1. The molecular weight excluding hydrogens is 376 g/mol. The molecule has 3 aromatic rings.